The molecule has 3 nitrogen and oxygen atoms in total. The van der Waals surface area contributed by atoms with Crippen LogP contribution in [0.25, 0.3) is 10.9 Å². The van der Waals surface area contributed by atoms with Gasteiger partial charge in [0.25, 0.3) is 0 Å². The molecule has 1 amide bonds. The van der Waals surface area contributed by atoms with Crippen molar-refractivity contribution in [2.75, 3.05) is 0 Å². The molecule has 1 aromatic carbocycles. The Hall–Kier alpha value is -1.55. The van der Waals surface area contributed by atoms with Crippen LogP contribution in [-0.4, -0.2) is 16.9 Å². The van der Waals surface area contributed by atoms with Crippen molar-refractivity contribution in [3.63, 3.8) is 0 Å². The van der Waals surface area contributed by atoms with E-state index in [0.29, 0.717) is 0 Å². The first kappa shape index (κ1) is 15.0. The topological polar surface area (TPSA) is 44.9 Å². The summed E-state index contributed by atoms with van der Waals surface area (Å²) in [6, 6.07) is 6.64. The summed E-state index contributed by atoms with van der Waals surface area (Å²) in [4.78, 5) is 16.0. The minimum atomic E-state index is 0.165. The van der Waals surface area contributed by atoms with Gasteiger partial charge >= 0.3 is 0 Å². The van der Waals surface area contributed by atoms with Crippen molar-refractivity contribution in [2.24, 2.45) is 5.92 Å². The number of aryl methyl sites for hydroxylation is 1. The van der Waals surface area contributed by atoms with Crippen LogP contribution in [0.4, 0.5) is 0 Å². The highest BCUT2D eigenvalue weighted by Crippen LogP contribution is 2.31. The number of hydrogen-bond acceptors (Lipinski definition) is 1. The fourth-order valence-corrected chi connectivity index (χ4v) is 4.22. The number of nitrogens with one attached hydrogen (secondary N) is 2. The number of hydrogen-bond donors (Lipinski definition) is 2. The summed E-state index contributed by atoms with van der Waals surface area (Å²) in [7, 11) is 0. The number of carbonyl (C=O) groups is 1. The summed E-state index contributed by atoms with van der Waals surface area (Å²) in [6.45, 7) is 0. The van der Waals surface area contributed by atoms with Gasteiger partial charge in [0.15, 0.2) is 0 Å². The zero-order chi connectivity index (χ0) is 15.8. The molecule has 0 saturated carbocycles. The highest BCUT2D eigenvalue weighted by Gasteiger charge is 2.26. The van der Waals surface area contributed by atoms with Crippen LogP contribution in [0, 0.1) is 5.92 Å². The number of carbonyl (C=O) groups excluding carboxylic acids is 1. The molecule has 4 heteroatoms. The Kier molecular flexibility index (Phi) is 4.02. The number of fused-ring (bicyclic) bond motifs is 3. The molecule has 0 bridgehead atoms. The van der Waals surface area contributed by atoms with E-state index in [9.17, 15) is 4.79 Å². The van der Waals surface area contributed by atoms with Crippen LogP contribution in [0.3, 0.4) is 0 Å². The van der Waals surface area contributed by atoms with Gasteiger partial charge in [-0.1, -0.05) is 28.1 Å². The van der Waals surface area contributed by atoms with Gasteiger partial charge in [-0.05, 0) is 62.3 Å². The van der Waals surface area contributed by atoms with Crippen molar-refractivity contribution >= 4 is 32.7 Å². The van der Waals surface area contributed by atoms with E-state index in [0.717, 1.165) is 43.0 Å². The number of aromatic nitrogens is 1. The van der Waals surface area contributed by atoms with E-state index in [1.807, 2.05) is 0 Å². The normalized spacial score (nSPS) is 23.7. The van der Waals surface area contributed by atoms with Crippen molar-refractivity contribution < 1.29 is 4.79 Å². The zero-order valence-electron chi connectivity index (χ0n) is 13.1. The molecule has 0 spiro atoms. The third-order valence-corrected chi connectivity index (χ3v) is 5.63. The third kappa shape index (κ3) is 2.97. The maximum absolute atomic E-state index is 12.5. The Morgan fingerprint density at radius 2 is 2.17 bits per heavy atom. The maximum atomic E-state index is 12.5. The lowest BCUT2D eigenvalue weighted by Gasteiger charge is -2.26. The van der Waals surface area contributed by atoms with Crippen LogP contribution in [-0.2, 0) is 17.6 Å². The largest absolute Gasteiger partial charge is 0.358 e. The quantitative estimate of drug-likeness (QED) is 0.759. The lowest BCUT2D eigenvalue weighted by Crippen LogP contribution is -2.42. The number of benzene rings is 1. The molecule has 0 unspecified atom stereocenters. The molecule has 2 aliphatic carbocycles. The summed E-state index contributed by atoms with van der Waals surface area (Å²) in [6.07, 6.45) is 10.2. The summed E-state index contributed by atoms with van der Waals surface area (Å²) in [5, 5.41) is 4.59. The van der Waals surface area contributed by atoms with Gasteiger partial charge in [0.2, 0.25) is 5.91 Å². The van der Waals surface area contributed by atoms with Crippen molar-refractivity contribution in [1.82, 2.24) is 10.3 Å². The number of halogens is 1. The van der Waals surface area contributed by atoms with Crippen molar-refractivity contribution in [1.29, 1.82) is 0 Å². The maximum Gasteiger partial charge on any atom is 0.223 e. The first-order valence-corrected chi connectivity index (χ1v) is 9.24. The van der Waals surface area contributed by atoms with Crippen LogP contribution in [0.1, 0.15) is 36.9 Å². The number of allylic oxidation sites excluding steroid dienone is 2. The smallest absolute Gasteiger partial charge is 0.223 e. The van der Waals surface area contributed by atoms with E-state index in [4.69, 9.17) is 0 Å². The summed E-state index contributed by atoms with van der Waals surface area (Å²) >= 11 is 3.56. The van der Waals surface area contributed by atoms with Crippen molar-refractivity contribution in [3.05, 3.63) is 46.1 Å². The lowest BCUT2D eigenvalue weighted by molar-refractivity contribution is -0.126. The number of amides is 1. The van der Waals surface area contributed by atoms with Crippen LogP contribution in [0.2, 0.25) is 0 Å². The molecule has 120 valence electrons. The molecule has 0 fully saturated rings. The Bertz CT molecular complexity index is 777. The van der Waals surface area contributed by atoms with Crippen molar-refractivity contribution in [3.8, 4) is 0 Å². The molecular formula is C19H21BrN2O. The fraction of sp³-hybridized carbons (Fsp3) is 0.421. The standard InChI is InChI=1S/C19H21BrN2O/c20-13-6-8-17-15(10-13)16-11-14(7-9-18(16)22-17)21-19(23)12-4-2-1-3-5-12/h1-2,6,8,10,12,14,22H,3-5,7,9,11H2,(H,21,23)/t12-,14-/m1/s1. The average molecular weight is 373 g/mol. The van der Waals surface area contributed by atoms with E-state index < -0.39 is 0 Å². The lowest BCUT2D eigenvalue weighted by atomic mass is 9.89. The molecule has 4 rings (SSSR count). The van der Waals surface area contributed by atoms with E-state index >= 15 is 0 Å². The molecule has 1 heterocycles. The van der Waals surface area contributed by atoms with Crippen LogP contribution < -0.4 is 5.32 Å². The van der Waals surface area contributed by atoms with Gasteiger partial charge in [0.05, 0.1) is 0 Å². The van der Waals surface area contributed by atoms with Crippen LogP contribution in [0.5, 0.6) is 0 Å². The monoisotopic (exact) mass is 372 g/mol. The minimum absolute atomic E-state index is 0.165. The minimum Gasteiger partial charge on any atom is -0.358 e. The predicted molar refractivity (Wildman–Crippen MR) is 96.4 cm³/mol. The van der Waals surface area contributed by atoms with Gasteiger partial charge in [-0.2, -0.15) is 0 Å². The van der Waals surface area contributed by atoms with E-state index in [1.165, 1.54) is 22.2 Å². The second-order valence-electron chi connectivity index (χ2n) is 6.70. The molecule has 23 heavy (non-hydrogen) atoms. The number of rotatable bonds is 2. The summed E-state index contributed by atoms with van der Waals surface area (Å²) in [5.41, 5.74) is 3.91. The predicted octanol–water partition coefficient (Wildman–Crippen LogP) is 4.26. The van der Waals surface area contributed by atoms with Gasteiger partial charge in [-0.25, -0.2) is 0 Å². The second-order valence-corrected chi connectivity index (χ2v) is 7.62. The molecule has 2 aromatic rings. The van der Waals surface area contributed by atoms with Crippen LogP contribution in [0.15, 0.2) is 34.8 Å². The van der Waals surface area contributed by atoms with E-state index in [-0.39, 0.29) is 17.9 Å². The molecule has 2 aliphatic rings. The fourth-order valence-electron chi connectivity index (χ4n) is 3.86. The molecular weight excluding hydrogens is 352 g/mol. The summed E-state index contributed by atoms with van der Waals surface area (Å²) < 4.78 is 1.10. The Balaban J connectivity index is 1.51. The molecule has 0 saturated heterocycles. The highest BCUT2D eigenvalue weighted by atomic mass is 79.9. The van der Waals surface area contributed by atoms with E-state index in [1.54, 1.807) is 0 Å². The number of H-pyrrole nitrogens is 1. The van der Waals surface area contributed by atoms with E-state index in [2.05, 4.69) is 56.6 Å². The van der Waals surface area contributed by atoms with Gasteiger partial charge in [-0.15, -0.1) is 0 Å². The molecule has 2 N–H and O–H groups in total. The first-order chi connectivity index (χ1) is 11.2. The summed E-state index contributed by atoms with van der Waals surface area (Å²) in [5.74, 6) is 0.405. The second kappa shape index (κ2) is 6.16. The molecule has 1 aromatic heterocycles. The number of aromatic amines is 1. The average Bonchev–Trinajstić information content (AvgIpc) is 2.93. The molecule has 0 radical (unpaired) electrons. The Labute approximate surface area is 144 Å². The van der Waals surface area contributed by atoms with Gasteiger partial charge in [0, 0.05) is 33.0 Å². The highest BCUT2D eigenvalue weighted by molar-refractivity contribution is 9.10. The van der Waals surface area contributed by atoms with Crippen molar-refractivity contribution in [2.45, 2.75) is 44.6 Å². The SMILES string of the molecule is O=C(N[C@@H]1CCc2[nH]c3ccc(Br)cc3c2C1)[C@@H]1CC=CCC1. The molecule has 0 aliphatic heterocycles. The Morgan fingerprint density at radius 3 is 3.00 bits per heavy atom. The molecule has 2 atom stereocenters. The Morgan fingerprint density at radius 1 is 1.26 bits per heavy atom. The first-order valence-electron chi connectivity index (χ1n) is 8.45. The van der Waals surface area contributed by atoms with Gasteiger partial charge < -0.3 is 10.3 Å². The van der Waals surface area contributed by atoms with Gasteiger partial charge in [-0.3, -0.25) is 4.79 Å². The van der Waals surface area contributed by atoms with Crippen LogP contribution >= 0.6 is 15.9 Å². The zero-order valence-corrected chi connectivity index (χ0v) is 14.7. The van der Waals surface area contributed by atoms with Gasteiger partial charge in [0.1, 0.15) is 0 Å². The third-order valence-electron chi connectivity index (χ3n) is 5.14.